The van der Waals surface area contributed by atoms with Gasteiger partial charge in [-0.3, -0.25) is 0 Å². The smallest absolute Gasteiger partial charge is 0.137 e. The minimum atomic E-state index is 0.437. The lowest BCUT2D eigenvalue weighted by Gasteiger charge is -2.24. The zero-order valence-corrected chi connectivity index (χ0v) is 11.1. The minimum Gasteiger partial charge on any atom is -0.383 e. The van der Waals surface area contributed by atoms with E-state index in [-0.39, 0.29) is 0 Å². The molecule has 0 saturated heterocycles. The largest absolute Gasteiger partial charge is 0.383 e. The summed E-state index contributed by atoms with van der Waals surface area (Å²) in [5, 5.41) is 8.70. The third kappa shape index (κ3) is 3.57. The monoisotopic (exact) mass is 249 g/mol. The topological polar surface area (TPSA) is 88.1 Å². The highest BCUT2D eigenvalue weighted by Gasteiger charge is 2.14. The van der Waals surface area contributed by atoms with Crippen LogP contribution in [0.4, 0.5) is 11.6 Å². The molecule has 6 heteroatoms. The first kappa shape index (κ1) is 14.2. The average molecular weight is 249 g/mol. The average Bonchev–Trinajstić information content (AvgIpc) is 2.34. The molecule has 6 nitrogen and oxygen atoms in total. The van der Waals surface area contributed by atoms with Crippen LogP contribution >= 0.6 is 0 Å². The van der Waals surface area contributed by atoms with Crippen molar-refractivity contribution in [2.45, 2.75) is 20.3 Å². The number of nitrogen functional groups attached to an aromatic ring is 1. The van der Waals surface area contributed by atoms with E-state index in [2.05, 4.69) is 16.0 Å². The van der Waals surface area contributed by atoms with Crippen LogP contribution in [0.1, 0.15) is 17.8 Å². The van der Waals surface area contributed by atoms with Crippen molar-refractivity contribution in [2.75, 3.05) is 37.4 Å². The molecule has 1 aromatic heterocycles. The van der Waals surface area contributed by atoms with Gasteiger partial charge in [-0.2, -0.15) is 5.26 Å². The molecule has 0 radical (unpaired) electrons. The van der Waals surface area contributed by atoms with E-state index in [1.807, 2.05) is 11.8 Å². The summed E-state index contributed by atoms with van der Waals surface area (Å²) in [5.74, 6) is 1.90. The van der Waals surface area contributed by atoms with Gasteiger partial charge in [-0.15, -0.1) is 0 Å². The number of hydrogen-bond acceptors (Lipinski definition) is 6. The molecule has 0 fully saturated rings. The Kier molecular flexibility index (Phi) is 5.33. The van der Waals surface area contributed by atoms with Crippen molar-refractivity contribution in [2.24, 2.45) is 0 Å². The fourth-order valence-electron chi connectivity index (χ4n) is 1.65. The van der Waals surface area contributed by atoms with Gasteiger partial charge in [0.2, 0.25) is 0 Å². The molecule has 0 spiro atoms. The molecule has 2 N–H and O–H groups in total. The summed E-state index contributed by atoms with van der Waals surface area (Å²) < 4.78 is 5.07. The number of rotatable bonds is 6. The van der Waals surface area contributed by atoms with E-state index < -0.39 is 0 Å². The third-order valence-electron chi connectivity index (χ3n) is 2.63. The maximum absolute atomic E-state index is 8.70. The summed E-state index contributed by atoms with van der Waals surface area (Å²) in [6.07, 6.45) is 0.437. The number of ether oxygens (including phenoxy) is 1. The van der Waals surface area contributed by atoms with Gasteiger partial charge in [0.25, 0.3) is 0 Å². The summed E-state index contributed by atoms with van der Waals surface area (Å²) in [7, 11) is 1.65. The molecule has 1 rings (SSSR count). The van der Waals surface area contributed by atoms with Crippen LogP contribution in [0.5, 0.6) is 0 Å². The Morgan fingerprint density at radius 2 is 2.06 bits per heavy atom. The molecular formula is C12H19N5O. The Morgan fingerprint density at radius 1 is 1.33 bits per heavy atom. The molecule has 0 bridgehead atoms. The second-order valence-corrected chi connectivity index (χ2v) is 3.99. The van der Waals surface area contributed by atoms with Gasteiger partial charge in [-0.05, 0) is 13.8 Å². The quantitative estimate of drug-likeness (QED) is 0.810. The van der Waals surface area contributed by atoms with Crippen molar-refractivity contribution >= 4 is 11.6 Å². The molecule has 18 heavy (non-hydrogen) atoms. The lowest BCUT2D eigenvalue weighted by molar-refractivity contribution is 0.205. The number of nitriles is 1. The van der Waals surface area contributed by atoms with Gasteiger partial charge in [-0.1, -0.05) is 0 Å². The van der Waals surface area contributed by atoms with Crippen molar-refractivity contribution in [1.82, 2.24) is 9.97 Å². The van der Waals surface area contributed by atoms with Crippen molar-refractivity contribution < 1.29 is 4.74 Å². The Morgan fingerprint density at radius 3 is 2.67 bits per heavy atom. The van der Waals surface area contributed by atoms with Crippen LogP contribution in [0.2, 0.25) is 0 Å². The molecular weight excluding hydrogens is 230 g/mol. The molecule has 0 unspecified atom stereocenters. The van der Waals surface area contributed by atoms with Gasteiger partial charge < -0.3 is 15.4 Å². The van der Waals surface area contributed by atoms with Crippen LogP contribution in [0.15, 0.2) is 0 Å². The highest BCUT2D eigenvalue weighted by atomic mass is 16.5. The third-order valence-corrected chi connectivity index (χ3v) is 2.63. The second kappa shape index (κ2) is 6.77. The van der Waals surface area contributed by atoms with Gasteiger partial charge >= 0.3 is 0 Å². The maximum Gasteiger partial charge on any atom is 0.137 e. The van der Waals surface area contributed by atoms with Crippen LogP contribution in [0.3, 0.4) is 0 Å². The van der Waals surface area contributed by atoms with E-state index in [0.29, 0.717) is 37.8 Å². The Hall–Kier alpha value is -1.87. The number of anilines is 2. The zero-order chi connectivity index (χ0) is 13.5. The number of aromatic nitrogens is 2. The first-order chi connectivity index (χ1) is 8.60. The summed E-state index contributed by atoms with van der Waals surface area (Å²) in [6.45, 7) is 5.55. The first-order valence-electron chi connectivity index (χ1n) is 5.81. The number of nitrogens with two attached hydrogens (primary N) is 1. The van der Waals surface area contributed by atoms with E-state index in [1.54, 1.807) is 14.0 Å². The Balaban J connectivity index is 3.00. The van der Waals surface area contributed by atoms with Gasteiger partial charge in [0.05, 0.1) is 19.1 Å². The molecule has 0 amide bonds. The van der Waals surface area contributed by atoms with Gasteiger partial charge in [-0.25, -0.2) is 9.97 Å². The van der Waals surface area contributed by atoms with Crippen molar-refractivity contribution in [3.05, 3.63) is 11.4 Å². The standard InChI is InChI=1S/C12H19N5O/c1-9-11(14)15-10(2)16-12(9)17(6-4-5-13)7-8-18-3/h4,6-8H2,1-3H3,(H2,14,15,16). The summed E-state index contributed by atoms with van der Waals surface area (Å²) in [6, 6.07) is 2.14. The molecule has 0 aromatic carbocycles. The van der Waals surface area contributed by atoms with Crippen LogP contribution < -0.4 is 10.6 Å². The summed E-state index contributed by atoms with van der Waals surface area (Å²) in [4.78, 5) is 10.5. The molecule has 98 valence electrons. The van der Waals surface area contributed by atoms with Crippen LogP contribution in [-0.2, 0) is 4.74 Å². The molecule has 1 aromatic rings. The van der Waals surface area contributed by atoms with Crippen LogP contribution in [0.25, 0.3) is 0 Å². The number of aryl methyl sites for hydroxylation is 1. The van der Waals surface area contributed by atoms with Crippen molar-refractivity contribution in [3.8, 4) is 6.07 Å². The molecule has 1 heterocycles. The number of methoxy groups -OCH3 is 1. The van der Waals surface area contributed by atoms with E-state index in [1.165, 1.54) is 0 Å². The minimum absolute atomic E-state index is 0.437. The second-order valence-electron chi connectivity index (χ2n) is 3.99. The predicted molar refractivity (Wildman–Crippen MR) is 70.2 cm³/mol. The first-order valence-corrected chi connectivity index (χ1v) is 5.81. The van der Waals surface area contributed by atoms with Crippen molar-refractivity contribution in [3.63, 3.8) is 0 Å². The van der Waals surface area contributed by atoms with E-state index in [9.17, 15) is 0 Å². The summed E-state index contributed by atoms with van der Waals surface area (Å²) >= 11 is 0. The fraction of sp³-hybridized carbons (Fsp3) is 0.583. The maximum atomic E-state index is 8.70. The number of nitrogens with zero attached hydrogens (tertiary/aromatic N) is 4. The SMILES string of the molecule is COCCN(CCC#N)c1nc(C)nc(N)c1C. The van der Waals surface area contributed by atoms with Gasteiger partial charge in [0.15, 0.2) is 0 Å². The molecule has 0 aliphatic rings. The van der Waals surface area contributed by atoms with E-state index in [0.717, 1.165) is 11.4 Å². The van der Waals surface area contributed by atoms with E-state index >= 15 is 0 Å². The van der Waals surface area contributed by atoms with Gasteiger partial charge in [0.1, 0.15) is 17.5 Å². The predicted octanol–water partition coefficient (Wildman–Crippen LogP) is 1.04. The molecule has 0 aliphatic carbocycles. The van der Waals surface area contributed by atoms with E-state index in [4.69, 9.17) is 15.7 Å². The van der Waals surface area contributed by atoms with Crippen LogP contribution in [-0.4, -0.2) is 36.8 Å². The zero-order valence-electron chi connectivity index (χ0n) is 11.1. The Labute approximate surface area is 107 Å². The lowest BCUT2D eigenvalue weighted by atomic mass is 10.2. The van der Waals surface area contributed by atoms with Crippen molar-refractivity contribution in [1.29, 1.82) is 5.26 Å². The fourth-order valence-corrected chi connectivity index (χ4v) is 1.65. The molecule has 0 saturated carbocycles. The Bertz CT molecular complexity index is 441. The lowest BCUT2D eigenvalue weighted by Crippen LogP contribution is -2.30. The normalized spacial score (nSPS) is 10.1. The highest BCUT2D eigenvalue weighted by Crippen LogP contribution is 2.21. The van der Waals surface area contributed by atoms with Gasteiger partial charge in [0, 0.05) is 25.8 Å². The highest BCUT2D eigenvalue weighted by molar-refractivity contribution is 5.56. The summed E-state index contributed by atoms with van der Waals surface area (Å²) in [5.41, 5.74) is 6.68. The molecule has 0 atom stereocenters. The number of hydrogen-bond donors (Lipinski definition) is 1. The van der Waals surface area contributed by atoms with Crippen LogP contribution in [0, 0.1) is 25.2 Å². The molecule has 0 aliphatic heterocycles.